The molecule has 2 aromatic carbocycles. The van der Waals surface area contributed by atoms with Crippen LogP contribution in [0.2, 0.25) is 0 Å². The summed E-state index contributed by atoms with van der Waals surface area (Å²) in [4.78, 5) is 39.0. The Hall–Kier alpha value is -3.89. The molecular formula is C26H23N3O5S2. The van der Waals surface area contributed by atoms with Crippen LogP contribution in [0.3, 0.4) is 0 Å². The number of thiocarbonyl (C=S) groups is 1. The van der Waals surface area contributed by atoms with Gasteiger partial charge in [0.2, 0.25) is 5.91 Å². The number of rotatable bonds is 9. The highest BCUT2D eigenvalue weighted by molar-refractivity contribution is 8.26. The Labute approximate surface area is 217 Å². The van der Waals surface area contributed by atoms with Crippen molar-refractivity contribution < 1.29 is 23.5 Å². The van der Waals surface area contributed by atoms with Crippen molar-refractivity contribution in [2.75, 3.05) is 6.54 Å². The van der Waals surface area contributed by atoms with Gasteiger partial charge in [-0.05, 0) is 48.4 Å². The molecule has 0 saturated carbocycles. The number of furan rings is 1. The van der Waals surface area contributed by atoms with Gasteiger partial charge in [0.15, 0.2) is 0 Å². The summed E-state index contributed by atoms with van der Waals surface area (Å²) in [6.45, 7) is 0.725. The van der Waals surface area contributed by atoms with E-state index >= 15 is 0 Å². The topological polar surface area (TPSA) is 101 Å². The van der Waals surface area contributed by atoms with Crippen LogP contribution in [0, 0.1) is 0 Å². The lowest BCUT2D eigenvalue weighted by Crippen LogP contribution is -2.41. The molecule has 8 nitrogen and oxygen atoms in total. The lowest BCUT2D eigenvalue weighted by molar-refractivity contribution is -0.124. The van der Waals surface area contributed by atoms with E-state index in [1.54, 1.807) is 42.5 Å². The first-order valence-electron chi connectivity index (χ1n) is 11.1. The van der Waals surface area contributed by atoms with Gasteiger partial charge in [0, 0.05) is 24.6 Å². The minimum absolute atomic E-state index is 0.112. The molecule has 1 aromatic heterocycles. The van der Waals surface area contributed by atoms with E-state index in [4.69, 9.17) is 21.4 Å². The summed E-state index contributed by atoms with van der Waals surface area (Å²) in [5, 5.41) is 0. The van der Waals surface area contributed by atoms with Crippen molar-refractivity contribution in [1.82, 2.24) is 15.8 Å². The van der Waals surface area contributed by atoms with Crippen LogP contribution in [0.15, 0.2) is 82.3 Å². The van der Waals surface area contributed by atoms with Crippen LogP contribution in [0.25, 0.3) is 6.08 Å². The van der Waals surface area contributed by atoms with Crippen LogP contribution in [-0.2, 0) is 16.2 Å². The summed E-state index contributed by atoms with van der Waals surface area (Å²) in [7, 11) is 0. The fourth-order valence-corrected chi connectivity index (χ4v) is 4.59. The summed E-state index contributed by atoms with van der Waals surface area (Å²) in [5.74, 6) is 0.168. The standard InChI is InChI=1S/C26H23N3O5S2/c30-23(9-4-14-29-25(32)22(36-26(29)35)16-21-8-5-15-33-21)27-28-24(31)19-10-12-20(13-11-19)34-17-18-6-2-1-3-7-18/h1-3,5-8,10-13,15-16H,4,9,14,17H2,(H,27,30)(H,28,31)/b22-16+. The van der Waals surface area contributed by atoms with Crippen LogP contribution in [0.5, 0.6) is 5.75 Å². The first-order chi connectivity index (χ1) is 17.5. The Kier molecular flexibility index (Phi) is 8.53. The van der Waals surface area contributed by atoms with E-state index in [1.807, 2.05) is 30.3 Å². The largest absolute Gasteiger partial charge is 0.489 e. The summed E-state index contributed by atoms with van der Waals surface area (Å²) >= 11 is 6.49. The number of benzene rings is 2. The van der Waals surface area contributed by atoms with Gasteiger partial charge < -0.3 is 9.15 Å². The molecule has 0 bridgehead atoms. The molecule has 1 saturated heterocycles. The highest BCUT2D eigenvalue weighted by atomic mass is 32.2. The molecule has 3 aromatic rings. The number of hydrogen-bond acceptors (Lipinski definition) is 7. The fourth-order valence-electron chi connectivity index (χ4n) is 3.30. The van der Waals surface area contributed by atoms with Crippen LogP contribution in [0.4, 0.5) is 0 Å². The first-order valence-corrected chi connectivity index (χ1v) is 12.4. The minimum atomic E-state index is -0.446. The van der Waals surface area contributed by atoms with Crippen LogP contribution < -0.4 is 15.6 Å². The average molecular weight is 522 g/mol. The number of nitrogens with one attached hydrogen (secondary N) is 2. The zero-order valence-electron chi connectivity index (χ0n) is 19.1. The summed E-state index contributed by atoms with van der Waals surface area (Å²) in [6.07, 6.45) is 3.67. The second-order valence-electron chi connectivity index (χ2n) is 7.75. The molecular weight excluding hydrogens is 498 g/mol. The smallest absolute Gasteiger partial charge is 0.269 e. The highest BCUT2D eigenvalue weighted by Gasteiger charge is 2.31. The Morgan fingerprint density at radius 2 is 1.81 bits per heavy atom. The summed E-state index contributed by atoms with van der Waals surface area (Å²) in [5.41, 5.74) is 6.21. The second-order valence-corrected chi connectivity index (χ2v) is 9.43. The molecule has 1 aliphatic heterocycles. The van der Waals surface area contributed by atoms with Gasteiger partial charge in [-0.2, -0.15) is 0 Å². The van der Waals surface area contributed by atoms with Crippen molar-refractivity contribution in [3.05, 3.63) is 94.8 Å². The van der Waals surface area contributed by atoms with Gasteiger partial charge in [-0.25, -0.2) is 0 Å². The third-order valence-corrected chi connectivity index (χ3v) is 6.53. The number of carbonyl (C=O) groups excluding carboxylic acids is 3. The molecule has 0 spiro atoms. The van der Waals surface area contributed by atoms with Gasteiger partial charge in [0.05, 0.1) is 11.2 Å². The maximum absolute atomic E-state index is 12.6. The van der Waals surface area contributed by atoms with Crippen molar-refractivity contribution in [3.8, 4) is 5.75 Å². The quantitative estimate of drug-likeness (QED) is 0.246. The summed E-state index contributed by atoms with van der Waals surface area (Å²) in [6, 6.07) is 19.9. The molecule has 4 rings (SSSR count). The lowest BCUT2D eigenvalue weighted by atomic mass is 10.2. The van der Waals surface area contributed by atoms with Gasteiger partial charge in [0.25, 0.3) is 11.8 Å². The molecule has 1 fully saturated rings. The highest BCUT2D eigenvalue weighted by Crippen LogP contribution is 2.32. The van der Waals surface area contributed by atoms with Crippen molar-refractivity contribution in [1.29, 1.82) is 0 Å². The zero-order valence-corrected chi connectivity index (χ0v) is 20.8. The van der Waals surface area contributed by atoms with E-state index in [1.165, 1.54) is 22.9 Å². The van der Waals surface area contributed by atoms with Crippen LogP contribution >= 0.6 is 24.0 Å². The molecule has 0 radical (unpaired) electrons. The van der Waals surface area contributed by atoms with E-state index in [9.17, 15) is 14.4 Å². The maximum atomic E-state index is 12.6. The van der Waals surface area contributed by atoms with Gasteiger partial charge >= 0.3 is 0 Å². The third kappa shape index (κ3) is 6.83. The van der Waals surface area contributed by atoms with E-state index in [2.05, 4.69) is 10.9 Å². The Bertz CT molecular complexity index is 1260. The molecule has 1 aliphatic rings. The third-order valence-electron chi connectivity index (χ3n) is 5.16. The second kappa shape index (κ2) is 12.2. The van der Waals surface area contributed by atoms with Crippen molar-refractivity contribution in [2.24, 2.45) is 0 Å². The van der Waals surface area contributed by atoms with Crippen molar-refractivity contribution in [2.45, 2.75) is 19.4 Å². The van der Waals surface area contributed by atoms with Crippen LogP contribution in [-0.4, -0.2) is 33.5 Å². The molecule has 3 amide bonds. The normalized spacial score (nSPS) is 14.2. The fraction of sp³-hybridized carbons (Fsp3) is 0.154. The number of hydrogen-bond donors (Lipinski definition) is 2. The Morgan fingerprint density at radius 3 is 2.53 bits per heavy atom. The van der Waals surface area contributed by atoms with E-state index in [-0.39, 0.29) is 18.2 Å². The predicted octanol–water partition coefficient (Wildman–Crippen LogP) is 4.30. The minimum Gasteiger partial charge on any atom is -0.489 e. The van der Waals surface area contributed by atoms with Crippen molar-refractivity contribution in [3.63, 3.8) is 0 Å². The molecule has 2 heterocycles. The van der Waals surface area contributed by atoms with Crippen molar-refractivity contribution >= 4 is 52.1 Å². The average Bonchev–Trinajstić information content (AvgIpc) is 3.50. The Morgan fingerprint density at radius 1 is 1.03 bits per heavy atom. The van der Waals surface area contributed by atoms with E-state index in [0.29, 0.717) is 45.9 Å². The van der Waals surface area contributed by atoms with E-state index < -0.39 is 5.91 Å². The number of thioether (sulfide) groups is 1. The predicted molar refractivity (Wildman–Crippen MR) is 141 cm³/mol. The SMILES string of the molecule is O=C(CCCN1C(=O)/C(=C\c2ccco2)SC1=S)NNC(=O)c1ccc(OCc2ccccc2)cc1. The number of ether oxygens (including phenoxy) is 1. The van der Waals surface area contributed by atoms with Gasteiger partial charge in [-0.3, -0.25) is 30.1 Å². The molecule has 184 valence electrons. The monoisotopic (exact) mass is 521 g/mol. The number of amides is 3. The number of carbonyl (C=O) groups is 3. The number of nitrogens with zero attached hydrogens (tertiary/aromatic N) is 1. The molecule has 0 atom stereocenters. The van der Waals surface area contributed by atoms with Crippen LogP contribution in [0.1, 0.15) is 34.5 Å². The maximum Gasteiger partial charge on any atom is 0.269 e. The molecule has 0 aliphatic carbocycles. The lowest BCUT2D eigenvalue weighted by Gasteiger charge is -2.14. The van der Waals surface area contributed by atoms with Gasteiger partial charge in [0.1, 0.15) is 22.4 Å². The summed E-state index contributed by atoms with van der Waals surface area (Å²) < 4.78 is 11.4. The molecule has 2 N–H and O–H groups in total. The number of hydrazine groups is 1. The zero-order chi connectivity index (χ0) is 25.3. The molecule has 36 heavy (non-hydrogen) atoms. The first kappa shape index (κ1) is 25.2. The van der Waals surface area contributed by atoms with Gasteiger partial charge in [-0.1, -0.05) is 54.3 Å². The molecule has 0 unspecified atom stereocenters. The Balaban J connectivity index is 1.17. The molecule has 10 heteroatoms. The van der Waals surface area contributed by atoms with Gasteiger partial charge in [-0.15, -0.1) is 0 Å². The van der Waals surface area contributed by atoms with E-state index in [0.717, 1.165) is 5.56 Å².